The molecule has 2 N–H and O–H groups in total. The first kappa shape index (κ1) is 23.2. The molecule has 0 unspecified atom stereocenters. The molecule has 9 heteroatoms. The summed E-state index contributed by atoms with van der Waals surface area (Å²) in [6.45, 7) is 8.64. The van der Waals surface area contributed by atoms with Crippen LogP contribution in [0.2, 0.25) is 0 Å². The Balaban J connectivity index is 1.40. The molecular formula is C26H29F2N7. The first-order valence-corrected chi connectivity index (χ1v) is 12.0. The summed E-state index contributed by atoms with van der Waals surface area (Å²) in [5.74, 6) is -0.283. The molecule has 2 aliphatic rings. The maximum absolute atomic E-state index is 15.0. The molecule has 1 saturated heterocycles. The van der Waals surface area contributed by atoms with E-state index in [1.807, 2.05) is 38.3 Å². The second-order valence-corrected chi connectivity index (χ2v) is 9.05. The predicted octanol–water partition coefficient (Wildman–Crippen LogP) is 4.60. The van der Waals surface area contributed by atoms with Crippen molar-refractivity contribution in [3.05, 3.63) is 59.9 Å². The van der Waals surface area contributed by atoms with E-state index in [-0.39, 0.29) is 17.7 Å². The highest BCUT2D eigenvalue weighted by atomic mass is 19.1. The van der Waals surface area contributed by atoms with Gasteiger partial charge < -0.3 is 20.4 Å². The van der Waals surface area contributed by atoms with Gasteiger partial charge in [-0.25, -0.2) is 23.7 Å². The quantitative estimate of drug-likeness (QED) is 0.557. The third-order valence-corrected chi connectivity index (χ3v) is 6.34. The van der Waals surface area contributed by atoms with Crippen LogP contribution < -0.4 is 20.4 Å². The van der Waals surface area contributed by atoms with E-state index in [0.717, 1.165) is 50.2 Å². The van der Waals surface area contributed by atoms with Crippen molar-refractivity contribution in [3.8, 4) is 11.3 Å². The van der Waals surface area contributed by atoms with Crippen LogP contribution in [0.4, 0.5) is 31.9 Å². The molecule has 1 fully saturated rings. The van der Waals surface area contributed by atoms with Crippen LogP contribution in [-0.4, -0.2) is 53.7 Å². The monoisotopic (exact) mass is 477 g/mol. The molecule has 0 spiro atoms. The number of aromatic nitrogens is 3. The summed E-state index contributed by atoms with van der Waals surface area (Å²) in [7, 11) is 0. The lowest BCUT2D eigenvalue weighted by atomic mass is 10.0. The van der Waals surface area contributed by atoms with Crippen LogP contribution in [0.1, 0.15) is 25.8 Å². The summed E-state index contributed by atoms with van der Waals surface area (Å²) >= 11 is 0. The molecule has 0 amide bonds. The topological polar surface area (TPSA) is 69.2 Å². The van der Waals surface area contributed by atoms with Crippen molar-refractivity contribution in [2.45, 2.75) is 26.3 Å². The van der Waals surface area contributed by atoms with Gasteiger partial charge in [0.1, 0.15) is 17.3 Å². The first-order valence-electron chi connectivity index (χ1n) is 12.0. The number of fused-ring (bicyclic) bond motifs is 1. The average Bonchev–Trinajstić information content (AvgIpc) is 3.15. The third kappa shape index (κ3) is 4.95. The Morgan fingerprint density at radius 1 is 1.03 bits per heavy atom. The van der Waals surface area contributed by atoms with Gasteiger partial charge >= 0.3 is 0 Å². The zero-order valence-electron chi connectivity index (χ0n) is 19.9. The van der Waals surface area contributed by atoms with E-state index >= 15 is 0 Å². The molecule has 0 saturated carbocycles. The Hall–Kier alpha value is -3.59. The van der Waals surface area contributed by atoms with Crippen molar-refractivity contribution < 1.29 is 8.78 Å². The summed E-state index contributed by atoms with van der Waals surface area (Å²) in [6, 6.07) is 7.13. The molecule has 5 rings (SSSR count). The van der Waals surface area contributed by atoms with Crippen molar-refractivity contribution in [1.82, 2.24) is 20.3 Å². The SMILES string of the molecule is CC(C)N1CC=Cc2c(F)cc(-c3nc(Nc4ccc(N5CCCNCC5)cn4)ncc3F)cc21. The van der Waals surface area contributed by atoms with Crippen LogP contribution >= 0.6 is 0 Å². The Morgan fingerprint density at radius 2 is 1.91 bits per heavy atom. The molecular weight excluding hydrogens is 448 g/mol. The highest BCUT2D eigenvalue weighted by Gasteiger charge is 2.22. The van der Waals surface area contributed by atoms with Gasteiger partial charge in [-0.05, 0) is 51.1 Å². The van der Waals surface area contributed by atoms with Crippen LogP contribution in [0.5, 0.6) is 0 Å². The fourth-order valence-electron chi connectivity index (χ4n) is 4.51. The molecule has 1 aromatic carbocycles. The minimum absolute atomic E-state index is 0.0381. The Kier molecular flexibility index (Phi) is 6.59. The van der Waals surface area contributed by atoms with Gasteiger partial charge in [0.15, 0.2) is 5.82 Å². The number of rotatable bonds is 5. The van der Waals surface area contributed by atoms with E-state index in [1.54, 1.807) is 12.1 Å². The normalized spacial score (nSPS) is 15.8. The van der Waals surface area contributed by atoms with Crippen LogP contribution in [0, 0.1) is 11.6 Å². The van der Waals surface area contributed by atoms with Gasteiger partial charge in [-0.15, -0.1) is 0 Å². The van der Waals surface area contributed by atoms with Crippen molar-refractivity contribution in [1.29, 1.82) is 0 Å². The summed E-state index contributed by atoms with van der Waals surface area (Å²) in [5.41, 5.74) is 2.68. The van der Waals surface area contributed by atoms with Crippen molar-refractivity contribution >= 4 is 29.2 Å². The average molecular weight is 478 g/mol. The van der Waals surface area contributed by atoms with Gasteiger partial charge in [-0.3, -0.25) is 0 Å². The second-order valence-electron chi connectivity index (χ2n) is 9.05. The van der Waals surface area contributed by atoms with E-state index in [9.17, 15) is 8.78 Å². The number of benzene rings is 1. The summed E-state index contributed by atoms with van der Waals surface area (Å²) < 4.78 is 29.7. The largest absolute Gasteiger partial charge is 0.369 e. The number of halogens is 2. The number of nitrogens with zero attached hydrogens (tertiary/aromatic N) is 5. The van der Waals surface area contributed by atoms with E-state index in [2.05, 4.69) is 35.4 Å². The lowest BCUT2D eigenvalue weighted by Crippen LogP contribution is -2.33. The number of hydrogen-bond donors (Lipinski definition) is 2. The Morgan fingerprint density at radius 3 is 2.71 bits per heavy atom. The van der Waals surface area contributed by atoms with Gasteiger partial charge in [-0.2, -0.15) is 0 Å². The van der Waals surface area contributed by atoms with Crippen LogP contribution in [0.15, 0.2) is 42.7 Å². The van der Waals surface area contributed by atoms with E-state index in [0.29, 0.717) is 23.5 Å². The minimum Gasteiger partial charge on any atom is -0.369 e. The smallest absolute Gasteiger partial charge is 0.229 e. The highest BCUT2D eigenvalue weighted by Crippen LogP contribution is 2.35. The van der Waals surface area contributed by atoms with Gasteiger partial charge in [0.2, 0.25) is 5.95 Å². The van der Waals surface area contributed by atoms with E-state index in [4.69, 9.17) is 0 Å². The molecule has 35 heavy (non-hydrogen) atoms. The van der Waals surface area contributed by atoms with Gasteiger partial charge in [0.25, 0.3) is 0 Å². The minimum atomic E-state index is -0.615. The van der Waals surface area contributed by atoms with Crippen LogP contribution in [0.3, 0.4) is 0 Å². The Bertz CT molecular complexity index is 1220. The number of hydrogen-bond acceptors (Lipinski definition) is 7. The highest BCUT2D eigenvalue weighted by molar-refractivity contribution is 5.78. The second kappa shape index (κ2) is 9.95. The molecule has 0 radical (unpaired) electrons. The van der Waals surface area contributed by atoms with Gasteiger partial charge in [-0.1, -0.05) is 12.2 Å². The first-order chi connectivity index (χ1) is 17.0. The van der Waals surface area contributed by atoms with Gasteiger partial charge in [0, 0.05) is 49.0 Å². The van der Waals surface area contributed by atoms with Gasteiger partial charge in [0.05, 0.1) is 18.1 Å². The molecule has 0 bridgehead atoms. The standard InChI is InChI=1S/C26H29F2N7/c1-17(2)35-11-3-5-20-21(27)13-18(14-23(20)35)25-22(28)16-31-26(33-25)32-24-7-6-19(15-30-24)34-10-4-8-29-9-12-34/h3,5-7,13-17,29H,4,8-12H2,1-2H3,(H,30,31,32,33). The van der Waals surface area contributed by atoms with E-state index in [1.165, 1.54) is 6.07 Å². The fourth-order valence-corrected chi connectivity index (χ4v) is 4.51. The molecule has 2 aliphatic heterocycles. The molecule has 2 aromatic heterocycles. The maximum Gasteiger partial charge on any atom is 0.229 e. The molecule has 3 aromatic rings. The Labute approximate surface area is 203 Å². The summed E-state index contributed by atoms with van der Waals surface area (Å²) in [6.07, 6.45) is 7.70. The number of anilines is 4. The molecule has 7 nitrogen and oxygen atoms in total. The molecule has 0 atom stereocenters. The van der Waals surface area contributed by atoms with Crippen LogP contribution in [-0.2, 0) is 0 Å². The van der Waals surface area contributed by atoms with Crippen LogP contribution in [0.25, 0.3) is 17.3 Å². The van der Waals surface area contributed by atoms with E-state index < -0.39 is 11.6 Å². The predicted molar refractivity (Wildman–Crippen MR) is 136 cm³/mol. The summed E-state index contributed by atoms with van der Waals surface area (Å²) in [5, 5.41) is 6.43. The fraction of sp³-hybridized carbons (Fsp3) is 0.346. The lowest BCUT2D eigenvalue weighted by molar-refractivity contribution is 0.614. The number of pyridine rings is 1. The van der Waals surface area contributed by atoms with Crippen molar-refractivity contribution in [2.24, 2.45) is 0 Å². The number of nitrogens with one attached hydrogen (secondary N) is 2. The van der Waals surface area contributed by atoms with Crippen molar-refractivity contribution in [3.63, 3.8) is 0 Å². The van der Waals surface area contributed by atoms with Crippen molar-refractivity contribution in [2.75, 3.05) is 47.8 Å². The molecule has 182 valence electrons. The zero-order chi connectivity index (χ0) is 24.4. The summed E-state index contributed by atoms with van der Waals surface area (Å²) in [4.78, 5) is 17.3. The lowest BCUT2D eigenvalue weighted by Gasteiger charge is -2.32. The maximum atomic E-state index is 15.0. The molecule has 0 aliphatic carbocycles. The zero-order valence-corrected chi connectivity index (χ0v) is 19.9. The third-order valence-electron chi connectivity index (χ3n) is 6.34. The molecule has 4 heterocycles.